The Bertz CT molecular complexity index is 538. The number of phenolic OH excluding ortho intramolecular Hbond substituents is 1. The van der Waals surface area contributed by atoms with Crippen LogP contribution in [0.2, 0.25) is 0 Å². The first kappa shape index (κ1) is 10.8. The fourth-order valence-electron chi connectivity index (χ4n) is 1.17. The lowest BCUT2D eigenvalue weighted by Gasteiger charge is -2.09. The lowest BCUT2D eigenvalue weighted by Crippen LogP contribution is -2.17. The Balaban J connectivity index is 2.49. The highest BCUT2D eigenvalue weighted by Crippen LogP contribution is 2.37. The number of nitrogen functional groups attached to an aromatic ring is 1. The Morgan fingerprint density at radius 1 is 1.38 bits per heavy atom. The molecule has 1 heterocycles. The summed E-state index contributed by atoms with van der Waals surface area (Å²) in [7, 11) is 0. The fourth-order valence-corrected chi connectivity index (χ4v) is 1.91. The third kappa shape index (κ3) is 2.11. The van der Waals surface area contributed by atoms with E-state index in [4.69, 9.17) is 5.73 Å². The molecule has 0 aliphatic carbocycles. The second-order valence-corrected chi connectivity index (χ2v) is 3.95. The summed E-state index contributed by atoms with van der Waals surface area (Å²) in [5.41, 5.74) is 5.71. The molecule has 0 saturated heterocycles. The van der Waals surface area contributed by atoms with Gasteiger partial charge in [0, 0.05) is 12.1 Å². The maximum absolute atomic E-state index is 12.0. The van der Waals surface area contributed by atoms with E-state index >= 15 is 0 Å². The maximum atomic E-state index is 12.0. The molecule has 0 unspecified atom stereocenters. The molecule has 0 atom stereocenters. The van der Waals surface area contributed by atoms with Crippen molar-refractivity contribution in [2.24, 2.45) is 0 Å². The van der Waals surface area contributed by atoms with E-state index in [9.17, 15) is 18.3 Å². The molecule has 0 radical (unpaired) electrons. The van der Waals surface area contributed by atoms with E-state index in [0.717, 1.165) is 23.5 Å². The van der Waals surface area contributed by atoms with Crippen molar-refractivity contribution in [2.75, 3.05) is 5.73 Å². The smallest absolute Gasteiger partial charge is 0.504 e. The maximum Gasteiger partial charge on any atom is 0.573 e. The number of benzene rings is 1. The van der Waals surface area contributed by atoms with Gasteiger partial charge in [-0.1, -0.05) is 11.3 Å². The van der Waals surface area contributed by atoms with Crippen molar-refractivity contribution < 1.29 is 23.0 Å². The Morgan fingerprint density at radius 3 is 2.69 bits per heavy atom. The largest absolute Gasteiger partial charge is 0.573 e. The molecule has 8 heteroatoms. The number of thiazole rings is 1. The van der Waals surface area contributed by atoms with E-state index in [0.29, 0.717) is 10.2 Å². The molecule has 2 aromatic rings. The van der Waals surface area contributed by atoms with Gasteiger partial charge in [0.1, 0.15) is 0 Å². The van der Waals surface area contributed by atoms with Gasteiger partial charge in [-0.25, -0.2) is 4.98 Å². The quantitative estimate of drug-likeness (QED) is 0.815. The van der Waals surface area contributed by atoms with E-state index in [1.165, 1.54) is 0 Å². The number of nitrogens with zero attached hydrogens (tertiary/aromatic N) is 1. The number of aromatic hydroxyl groups is 1. The van der Waals surface area contributed by atoms with Crippen molar-refractivity contribution in [1.82, 2.24) is 4.98 Å². The molecular formula is C8H5F3N2O2S. The topological polar surface area (TPSA) is 68.4 Å². The van der Waals surface area contributed by atoms with E-state index in [1.54, 1.807) is 0 Å². The van der Waals surface area contributed by atoms with E-state index in [1.807, 2.05) is 0 Å². The van der Waals surface area contributed by atoms with Crippen LogP contribution in [0.15, 0.2) is 12.1 Å². The highest BCUT2D eigenvalue weighted by molar-refractivity contribution is 7.22. The number of halogens is 3. The summed E-state index contributed by atoms with van der Waals surface area (Å²) in [6.45, 7) is 0. The number of alkyl halides is 3. The molecule has 16 heavy (non-hydrogen) atoms. The van der Waals surface area contributed by atoms with Gasteiger partial charge in [-0.15, -0.1) is 13.2 Å². The van der Waals surface area contributed by atoms with Crippen LogP contribution >= 0.6 is 11.3 Å². The molecule has 86 valence electrons. The molecule has 0 amide bonds. The van der Waals surface area contributed by atoms with Crippen LogP contribution in [0.5, 0.6) is 11.5 Å². The minimum absolute atomic E-state index is 0.207. The molecule has 0 fully saturated rings. The van der Waals surface area contributed by atoms with Gasteiger partial charge in [0.15, 0.2) is 16.6 Å². The minimum Gasteiger partial charge on any atom is -0.504 e. The van der Waals surface area contributed by atoms with E-state index in [2.05, 4.69) is 9.72 Å². The third-order valence-corrected chi connectivity index (χ3v) is 2.56. The number of ether oxygens (including phenoxy) is 1. The van der Waals surface area contributed by atoms with Gasteiger partial charge in [0.25, 0.3) is 0 Å². The molecule has 0 aliphatic rings. The van der Waals surface area contributed by atoms with Gasteiger partial charge in [0.2, 0.25) is 0 Å². The Kier molecular flexibility index (Phi) is 2.30. The van der Waals surface area contributed by atoms with Crippen LogP contribution in [0.3, 0.4) is 0 Å². The lowest BCUT2D eigenvalue weighted by atomic mass is 10.3. The molecule has 0 bridgehead atoms. The van der Waals surface area contributed by atoms with E-state index < -0.39 is 17.9 Å². The average Bonchev–Trinajstić information content (AvgIpc) is 2.42. The fraction of sp³-hybridized carbons (Fsp3) is 0.125. The first-order valence-electron chi connectivity index (χ1n) is 4.00. The predicted molar refractivity (Wildman–Crippen MR) is 52.4 cm³/mol. The second kappa shape index (κ2) is 3.41. The van der Waals surface area contributed by atoms with Crippen molar-refractivity contribution in [3.05, 3.63) is 12.1 Å². The summed E-state index contributed by atoms with van der Waals surface area (Å²) in [6, 6.07) is 2.12. The molecule has 1 aromatic carbocycles. The second-order valence-electron chi connectivity index (χ2n) is 2.89. The highest BCUT2D eigenvalue weighted by atomic mass is 32.1. The number of nitrogens with two attached hydrogens (primary N) is 1. The molecule has 3 N–H and O–H groups in total. The SMILES string of the molecule is Nc1nc2cc(O)c(OC(F)(F)F)cc2s1. The Hall–Kier alpha value is -1.70. The monoisotopic (exact) mass is 250 g/mol. The number of fused-ring (bicyclic) bond motifs is 1. The van der Waals surface area contributed by atoms with Crippen LogP contribution in [-0.2, 0) is 0 Å². The summed E-state index contributed by atoms with van der Waals surface area (Å²) in [4.78, 5) is 3.81. The van der Waals surface area contributed by atoms with E-state index in [-0.39, 0.29) is 5.13 Å². The van der Waals surface area contributed by atoms with Crippen molar-refractivity contribution in [2.45, 2.75) is 6.36 Å². The van der Waals surface area contributed by atoms with Gasteiger partial charge in [-0.3, -0.25) is 0 Å². The van der Waals surface area contributed by atoms with Crippen molar-refractivity contribution >= 4 is 26.7 Å². The van der Waals surface area contributed by atoms with Gasteiger partial charge >= 0.3 is 6.36 Å². The number of hydrogen-bond acceptors (Lipinski definition) is 5. The zero-order valence-corrected chi connectivity index (χ0v) is 8.39. The normalized spacial score (nSPS) is 11.9. The standard InChI is InChI=1S/C8H5F3N2O2S/c9-8(10,11)15-5-2-6-3(1-4(5)14)13-7(12)16-6/h1-2,14H,(H2,12,13). The van der Waals surface area contributed by atoms with Crippen molar-refractivity contribution in [1.29, 1.82) is 0 Å². The number of anilines is 1. The van der Waals surface area contributed by atoms with Crippen LogP contribution in [0.25, 0.3) is 10.2 Å². The summed E-state index contributed by atoms with van der Waals surface area (Å²) in [5.74, 6) is -1.29. The summed E-state index contributed by atoms with van der Waals surface area (Å²) in [6.07, 6.45) is -4.85. The summed E-state index contributed by atoms with van der Waals surface area (Å²) >= 11 is 1.01. The van der Waals surface area contributed by atoms with Gasteiger partial charge in [-0.05, 0) is 0 Å². The van der Waals surface area contributed by atoms with Gasteiger partial charge in [0.05, 0.1) is 10.2 Å². The number of rotatable bonds is 1. The van der Waals surface area contributed by atoms with Gasteiger partial charge in [-0.2, -0.15) is 0 Å². The molecule has 0 spiro atoms. The summed E-state index contributed by atoms with van der Waals surface area (Å²) in [5, 5.41) is 9.49. The first-order valence-corrected chi connectivity index (χ1v) is 4.81. The molecule has 0 saturated carbocycles. The lowest BCUT2D eigenvalue weighted by molar-refractivity contribution is -0.275. The van der Waals surface area contributed by atoms with Crippen molar-refractivity contribution in [3.63, 3.8) is 0 Å². The summed E-state index contributed by atoms with van der Waals surface area (Å²) < 4.78 is 39.9. The minimum atomic E-state index is -4.85. The Labute approximate surface area is 91.1 Å². The predicted octanol–water partition coefficient (Wildman–Crippen LogP) is 2.48. The Morgan fingerprint density at radius 2 is 2.06 bits per heavy atom. The highest BCUT2D eigenvalue weighted by Gasteiger charge is 2.32. The molecule has 4 nitrogen and oxygen atoms in total. The zero-order chi connectivity index (χ0) is 11.9. The zero-order valence-electron chi connectivity index (χ0n) is 7.58. The van der Waals surface area contributed by atoms with Gasteiger partial charge < -0.3 is 15.6 Å². The molecule has 2 rings (SSSR count). The number of phenols is 1. The number of hydrogen-bond donors (Lipinski definition) is 2. The molecule has 0 aliphatic heterocycles. The van der Waals surface area contributed by atoms with Crippen LogP contribution in [0, 0.1) is 0 Å². The first-order chi connectivity index (χ1) is 7.35. The average molecular weight is 250 g/mol. The third-order valence-electron chi connectivity index (χ3n) is 1.71. The van der Waals surface area contributed by atoms with Crippen molar-refractivity contribution in [3.8, 4) is 11.5 Å². The van der Waals surface area contributed by atoms with Crippen LogP contribution in [0.1, 0.15) is 0 Å². The molecule has 1 aromatic heterocycles. The molecular weight excluding hydrogens is 245 g/mol. The van der Waals surface area contributed by atoms with Crippen LogP contribution < -0.4 is 10.5 Å². The number of aromatic nitrogens is 1. The van der Waals surface area contributed by atoms with Crippen LogP contribution in [0.4, 0.5) is 18.3 Å². The van der Waals surface area contributed by atoms with Crippen LogP contribution in [-0.4, -0.2) is 16.5 Å².